The van der Waals surface area contributed by atoms with Gasteiger partial charge in [-0.25, -0.2) is 0 Å². The predicted molar refractivity (Wildman–Crippen MR) is 282 cm³/mol. The largest absolute Gasteiger partial charge is 0.456 e. The predicted octanol–water partition coefficient (Wildman–Crippen LogP) is 18.4. The van der Waals surface area contributed by atoms with Crippen LogP contribution in [0.1, 0.15) is 43.6 Å². The van der Waals surface area contributed by atoms with E-state index in [-0.39, 0.29) is 0 Å². The molecule has 320 valence electrons. The van der Waals surface area contributed by atoms with Gasteiger partial charge in [0.15, 0.2) is 0 Å². The number of para-hydroxylation sites is 5. The van der Waals surface area contributed by atoms with Crippen molar-refractivity contribution in [3.05, 3.63) is 230 Å². The molecule has 3 nitrogen and oxygen atoms in total. The number of benzene rings is 10. The van der Waals surface area contributed by atoms with Crippen LogP contribution in [0.5, 0.6) is 0 Å². The Hall–Kier alpha value is -8.14. The molecule has 0 radical (unpaired) electrons. The molecule has 1 aliphatic rings. The van der Waals surface area contributed by atoms with Crippen LogP contribution in [0.25, 0.3) is 93.6 Å². The van der Waals surface area contributed by atoms with Gasteiger partial charge in [-0.2, -0.15) is 0 Å². The van der Waals surface area contributed by atoms with Crippen molar-refractivity contribution in [1.29, 1.82) is 0 Å². The van der Waals surface area contributed by atoms with Crippen LogP contribution in [0.4, 0.5) is 17.1 Å². The van der Waals surface area contributed by atoms with Crippen LogP contribution in [0.3, 0.4) is 0 Å². The second-order valence-corrected chi connectivity index (χ2v) is 18.2. The number of rotatable bonds is 8. The van der Waals surface area contributed by atoms with Crippen molar-refractivity contribution in [3.63, 3.8) is 0 Å². The van der Waals surface area contributed by atoms with Gasteiger partial charge in [0, 0.05) is 44.0 Å². The third-order valence-corrected chi connectivity index (χ3v) is 14.4. The van der Waals surface area contributed by atoms with Crippen molar-refractivity contribution in [2.24, 2.45) is 0 Å². The summed E-state index contributed by atoms with van der Waals surface area (Å²) in [6.45, 7) is 0. The van der Waals surface area contributed by atoms with Crippen molar-refractivity contribution in [2.45, 2.75) is 38.0 Å². The van der Waals surface area contributed by atoms with E-state index >= 15 is 0 Å². The van der Waals surface area contributed by atoms with Crippen molar-refractivity contribution in [1.82, 2.24) is 4.57 Å². The van der Waals surface area contributed by atoms with E-state index in [2.05, 4.69) is 228 Å². The smallest absolute Gasteiger partial charge is 0.135 e. The van der Waals surface area contributed by atoms with E-state index in [1.807, 2.05) is 6.07 Å². The first kappa shape index (κ1) is 39.2. The Bertz CT molecular complexity index is 3810. The monoisotopic (exact) mass is 860 g/mol. The molecule has 10 aromatic carbocycles. The molecular weight excluding hydrogens is 813 g/mol. The highest BCUT2D eigenvalue weighted by atomic mass is 16.3. The van der Waals surface area contributed by atoms with Crippen molar-refractivity contribution >= 4 is 71.6 Å². The molecule has 1 saturated carbocycles. The third-order valence-electron chi connectivity index (χ3n) is 14.4. The van der Waals surface area contributed by atoms with Gasteiger partial charge in [-0.15, -0.1) is 0 Å². The summed E-state index contributed by atoms with van der Waals surface area (Å²) in [7, 11) is 0. The minimum absolute atomic E-state index is 0.562. The standard InChI is InChI=1S/C64H48N2O/c1-3-18-43(19-4-1)51-30-16-20-44-21-17-31-55(64(44)51)52-27-8-12-33-59(52)66(58-32-11-7-26-50(58)47-37-39-63-57(42-47)54-29-10-14-35-62(54)67-63)49-25-15-22-45(40-49)46-36-38-61-56(41-46)53-28-9-13-34-60(53)65(61)48-23-5-2-6-24-48/h2,5-17,20-43H,1,3-4,18-19H2. The number of hydrogen-bond acceptors (Lipinski definition) is 2. The van der Waals surface area contributed by atoms with Gasteiger partial charge in [0.1, 0.15) is 11.2 Å². The van der Waals surface area contributed by atoms with Gasteiger partial charge >= 0.3 is 0 Å². The average Bonchev–Trinajstić information content (AvgIpc) is 3.94. The topological polar surface area (TPSA) is 21.3 Å². The molecule has 2 aromatic heterocycles. The minimum atomic E-state index is 0.562. The summed E-state index contributed by atoms with van der Waals surface area (Å²) in [5.74, 6) is 0.562. The molecule has 3 heteroatoms. The lowest BCUT2D eigenvalue weighted by molar-refractivity contribution is 0.445. The summed E-state index contributed by atoms with van der Waals surface area (Å²) in [5.41, 5.74) is 17.3. The molecule has 0 aliphatic heterocycles. The van der Waals surface area contributed by atoms with Crippen LogP contribution in [0, 0.1) is 0 Å². The van der Waals surface area contributed by atoms with Gasteiger partial charge in [0.05, 0.1) is 22.4 Å². The van der Waals surface area contributed by atoms with Gasteiger partial charge in [0.2, 0.25) is 0 Å². The van der Waals surface area contributed by atoms with Gasteiger partial charge in [-0.1, -0.05) is 171 Å². The summed E-state index contributed by atoms with van der Waals surface area (Å²) in [4.78, 5) is 2.51. The first-order valence-electron chi connectivity index (χ1n) is 23.9. The minimum Gasteiger partial charge on any atom is -0.456 e. The molecule has 12 aromatic rings. The quantitative estimate of drug-likeness (QED) is 0.152. The zero-order valence-corrected chi connectivity index (χ0v) is 37.3. The van der Waals surface area contributed by atoms with E-state index in [0.29, 0.717) is 5.92 Å². The van der Waals surface area contributed by atoms with E-state index in [1.165, 1.54) is 86.9 Å². The zero-order valence-electron chi connectivity index (χ0n) is 37.3. The van der Waals surface area contributed by atoms with E-state index < -0.39 is 0 Å². The third kappa shape index (κ3) is 6.72. The maximum absolute atomic E-state index is 6.33. The number of aromatic nitrogens is 1. The second kappa shape index (κ2) is 16.4. The Labute approximate surface area is 390 Å². The molecule has 0 unspecified atom stereocenters. The summed E-state index contributed by atoms with van der Waals surface area (Å²) >= 11 is 0. The fourth-order valence-corrected chi connectivity index (χ4v) is 11.3. The molecule has 0 spiro atoms. The highest BCUT2D eigenvalue weighted by Gasteiger charge is 2.25. The number of hydrogen-bond donors (Lipinski definition) is 0. The first-order valence-corrected chi connectivity index (χ1v) is 23.9. The van der Waals surface area contributed by atoms with Crippen LogP contribution in [-0.2, 0) is 0 Å². The molecule has 1 fully saturated rings. The lowest BCUT2D eigenvalue weighted by atomic mass is 9.80. The Balaban J connectivity index is 1.03. The van der Waals surface area contributed by atoms with Crippen LogP contribution in [0.15, 0.2) is 229 Å². The molecule has 67 heavy (non-hydrogen) atoms. The summed E-state index contributed by atoms with van der Waals surface area (Å²) in [6, 6.07) is 82.4. The van der Waals surface area contributed by atoms with Gasteiger partial charge in [0.25, 0.3) is 0 Å². The number of anilines is 3. The molecular formula is C64H48N2O. The molecule has 2 heterocycles. The molecule has 13 rings (SSSR count). The van der Waals surface area contributed by atoms with Crippen LogP contribution in [0.2, 0.25) is 0 Å². The Morgan fingerprint density at radius 2 is 1.03 bits per heavy atom. The van der Waals surface area contributed by atoms with Crippen molar-refractivity contribution in [3.8, 4) is 39.1 Å². The van der Waals surface area contributed by atoms with Crippen molar-refractivity contribution in [2.75, 3.05) is 4.90 Å². The van der Waals surface area contributed by atoms with Crippen LogP contribution < -0.4 is 4.90 Å². The maximum atomic E-state index is 6.33. The summed E-state index contributed by atoms with van der Waals surface area (Å²) in [6.07, 6.45) is 6.41. The highest BCUT2D eigenvalue weighted by Crippen LogP contribution is 2.49. The van der Waals surface area contributed by atoms with Crippen LogP contribution >= 0.6 is 0 Å². The van der Waals surface area contributed by atoms with Gasteiger partial charge in [-0.3, -0.25) is 0 Å². The average molecular weight is 861 g/mol. The van der Waals surface area contributed by atoms with Crippen LogP contribution in [-0.4, -0.2) is 4.57 Å². The number of fused-ring (bicyclic) bond motifs is 7. The maximum Gasteiger partial charge on any atom is 0.135 e. The zero-order chi connectivity index (χ0) is 44.3. The first-order chi connectivity index (χ1) is 33.2. The van der Waals surface area contributed by atoms with E-state index in [0.717, 1.165) is 61.4 Å². The van der Waals surface area contributed by atoms with E-state index in [1.54, 1.807) is 0 Å². The molecule has 0 bridgehead atoms. The Morgan fingerprint density at radius 3 is 1.90 bits per heavy atom. The summed E-state index contributed by atoms with van der Waals surface area (Å²) < 4.78 is 8.72. The number of nitrogens with zero attached hydrogens (tertiary/aromatic N) is 2. The van der Waals surface area contributed by atoms with E-state index in [9.17, 15) is 0 Å². The molecule has 0 atom stereocenters. The fourth-order valence-electron chi connectivity index (χ4n) is 11.3. The Morgan fingerprint density at radius 1 is 0.403 bits per heavy atom. The fraction of sp³-hybridized carbons (Fsp3) is 0.0938. The summed E-state index contributed by atoms with van der Waals surface area (Å²) in [5, 5.41) is 7.41. The molecule has 0 amide bonds. The lowest BCUT2D eigenvalue weighted by Gasteiger charge is -2.31. The second-order valence-electron chi connectivity index (χ2n) is 18.2. The normalized spacial score (nSPS) is 13.3. The molecule has 0 saturated heterocycles. The number of furan rings is 1. The Kier molecular flexibility index (Phi) is 9.60. The van der Waals surface area contributed by atoms with Gasteiger partial charge in [-0.05, 0) is 130 Å². The SMILES string of the molecule is c1ccc(-n2c3ccccc3c3cc(-c4cccc(N(c5ccccc5-c5ccc6oc7ccccc7c6c5)c5ccccc5-c5cccc6cccc(C7CCCCC7)c56)c4)ccc32)cc1. The molecule has 0 N–H and O–H groups in total. The lowest BCUT2D eigenvalue weighted by Crippen LogP contribution is -2.13. The van der Waals surface area contributed by atoms with Crippen molar-refractivity contribution < 1.29 is 4.42 Å². The molecule has 1 aliphatic carbocycles. The highest BCUT2D eigenvalue weighted by molar-refractivity contribution is 6.11. The van der Waals surface area contributed by atoms with E-state index in [4.69, 9.17) is 4.42 Å². The van der Waals surface area contributed by atoms with Gasteiger partial charge < -0.3 is 13.9 Å².